The molecule has 0 saturated carbocycles. The molecule has 2 N–H and O–H groups in total. The predicted molar refractivity (Wildman–Crippen MR) is 109 cm³/mol. The van der Waals surface area contributed by atoms with Crippen molar-refractivity contribution >= 4 is 27.5 Å². The quantitative estimate of drug-likeness (QED) is 0.674. The van der Waals surface area contributed by atoms with Gasteiger partial charge in [0.1, 0.15) is 0 Å². The van der Waals surface area contributed by atoms with E-state index in [0.717, 1.165) is 27.7 Å². The number of benzene rings is 2. The van der Waals surface area contributed by atoms with Crippen molar-refractivity contribution in [2.45, 2.75) is 53.1 Å². The Morgan fingerprint density at radius 2 is 1.64 bits per heavy atom. The fraction of sp³-hybridized carbons (Fsp3) is 0.381. The maximum atomic E-state index is 12.7. The van der Waals surface area contributed by atoms with E-state index in [1.165, 1.54) is 11.1 Å². The van der Waals surface area contributed by atoms with Crippen LogP contribution in [-0.2, 0) is 4.79 Å². The van der Waals surface area contributed by atoms with E-state index in [0.29, 0.717) is 0 Å². The van der Waals surface area contributed by atoms with Crippen LogP contribution in [0.3, 0.4) is 0 Å². The van der Waals surface area contributed by atoms with Gasteiger partial charge in [-0.3, -0.25) is 10.1 Å². The molecular formula is C21H27BrN2O. The molecule has 0 aromatic heterocycles. The van der Waals surface area contributed by atoms with Gasteiger partial charge in [-0.25, -0.2) is 0 Å². The van der Waals surface area contributed by atoms with Crippen molar-refractivity contribution in [3.05, 3.63) is 63.1 Å². The molecule has 2 rings (SSSR count). The number of aryl methyl sites for hydroxylation is 3. The zero-order chi connectivity index (χ0) is 18.6. The van der Waals surface area contributed by atoms with E-state index in [9.17, 15) is 4.79 Å². The Labute approximate surface area is 159 Å². The molecule has 0 heterocycles. The lowest BCUT2D eigenvalue weighted by atomic mass is 10.0. The number of hydrogen-bond donors (Lipinski definition) is 2. The Bertz CT molecular complexity index is 717. The van der Waals surface area contributed by atoms with Crippen LogP contribution in [-0.4, -0.2) is 11.9 Å². The van der Waals surface area contributed by atoms with Crippen LogP contribution in [0.15, 0.2) is 40.9 Å². The third-order valence-electron chi connectivity index (χ3n) is 4.45. The van der Waals surface area contributed by atoms with Crippen molar-refractivity contribution in [3.8, 4) is 0 Å². The second-order valence-electron chi connectivity index (χ2n) is 6.66. The molecule has 0 aliphatic carbocycles. The molecule has 3 nitrogen and oxygen atoms in total. The zero-order valence-corrected chi connectivity index (χ0v) is 17.2. The van der Waals surface area contributed by atoms with E-state index < -0.39 is 0 Å². The predicted octanol–water partition coefficient (Wildman–Crippen LogP) is 5.44. The van der Waals surface area contributed by atoms with E-state index in [1.54, 1.807) is 0 Å². The standard InChI is InChI=1S/C21H27BrN2O/c1-6-19(17-7-9-18(22)10-8-17)23-16(5)21(25)24-20-14(3)11-13(2)12-15(20)4/h7-12,16,19,23H,6H2,1-5H3,(H,24,25)/t16-,19-/m1/s1. The highest BCUT2D eigenvalue weighted by atomic mass is 79.9. The summed E-state index contributed by atoms with van der Waals surface area (Å²) in [5.74, 6) is -0.00869. The molecule has 0 unspecified atom stereocenters. The van der Waals surface area contributed by atoms with E-state index in [2.05, 4.69) is 64.7 Å². The first-order valence-electron chi connectivity index (χ1n) is 8.72. The number of amides is 1. The summed E-state index contributed by atoms with van der Waals surface area (Å²) in [6.07, 6.45) is 0.918. The summed E-state index contributed by atoms with van der Waals surface area (Å²) in [7, 11) is 0. The van der Waals surface area contributed by atoms with Crippen LogP contribution in [0, 0.1) is 20.8 Å². The minimum atomic E-state index is -0.284. The third kappa shape index (κ3) is 5.16. The molecule has 0 spiro atoms. The van der Waals surface area contributed by atoms with Crippen LogP contribution in [0.4, 0.5) is 5.69 Å². The van der Waals surface area contributed by atoms with Gasteiger partial charge in [0.25, 0.3) is 0 Å². The molecule has 134 valence electrons. The van der Waals surface area contributed by atoms with Crippen molar-refractivity contribution in [2.24, 2.45) is 0 Å². The molecule has 2 aromatic rings. The lowest BCUT2D eigenvalue weighted by Crippen LogP contribution is -2.40. The van der Waals surface area contributed by atoms with Crippen LogP contribution in [0.1, 0.15) is 48.6 Å². The molecule has 0 fully saturated rings. The first-order chi connectivity index (χ1) is 11.8. The summed E-state index contributed by atoms with van der Waals surface area (Å²) >= 11 is 3.46. The van der Waals surface area contributed by atoms with Gasteiger partial charge in [0.05, 0.1) is 6.04 Å². The van der Waals surface area contributed by atoms with Crippen molar-refractivity contribution in [1.82, 2.24) is 5.32 Å². The molecule has 0 bridgehead atoms. The van der Waals surface area contributed by atoms with Gasteiger partial charge in [-0.05, 0) is 62.9 Å². The largest absolute Gasteiger partial charge is 0.324 e. The number of carbonyl (C=O) groups is 1. The topological polar surface area (TPSA) is 41.1 Å². The highest BCUT2D eigenvalue weighted by Crippen LogP contribution is 2.23. The Morgan fingerprint density at radius 3 is 2.16 bits per heavy atom. The fourth-order valence-electron chi connectivity index (χ4n) is 3.13. The summed E-state index contributed by atoms with van der Waals surface area (Å²) in [5.41, 5.74) is 5.51. The molecule has 0 aliphatic heterocycles. The van der Waals surface area contributed by atoms with Crippen molar-refractivity contribution in [1.29, 1.82) is 0 Å². The first-order valence-corrected chi connectivity index (χ1v) is 9.51. The molecule has 4 heteroatoms. The van der Waals surface area contributed by atoms with Crippen molar-refractivity contribution in [3.63, 3.8) is 0 Å². The van der Waals surface area contributed by atoms with Gasteiger partial charge in [-0.15, -0.1) is 0 Å². The lowest BCUT2D eigenvalue weighted by molar-refractivity contribution is -0.118. The van der Waals surface area contributed by atoms with Gasteiger partial charge in [-0.2, -0.15) is 0 Å². The van der Waals surface area contributed by atoms with Crippen LogP contribution < -0.4 is 10.6 Å². The number of nitrogens with one attached hydrogen (secondary N) is 2. The summed E-state index contributed by atoms with van der Waals surface area (Å²) < 4.78 is 1.06. The minimum absolute atomic E-state index is 0.00869. The zero-order valence-electron chi connectivity index (χ0n) is 15.6. The van der Waals surface area contributed by atoms with Crippen LogP contribution in [0.2, 0.25) is 0 Å². The SMILES string of the molecule is CC[C@@H](N[C@H](C)C(=O)Nc1c(C)cc(C)cc1C)c1ccc(Br)cc1. The van der Waals surface area contributed by atoms with Crippen LogP contribution in [0.5, 0.6) is 0 Å². The van der Waals surface area contributed by atoms with Gasteiger partial charge in [0.2, 0.25) is 5.91 Å². The molecule has 2 atom stereocenters. The van der Waals surface area contributed by atoms with Crippen LogP contribution in [0.25, 0.3) is 0 Å². The molecule has 0 radical (unpaired) electrons. The molecule has 0 saturated heterocycles. The average molecular weight is 403 g/mol. The van der Waals surface area contributed by atoms with Gasteiger partial charge in [-0.1, -0.05) is 52.7 Å². The molecule has 2 aromatic carbocycles. The summed E-state index contributed by atoms with van der Waals surface area (Å²) in [5, 5.41) is 6.53. The number of anilines is 1. The number of halogens is 1. The normalized spacial score (nSPS) is 13.4. The van der Waals surface area contributed by atoms with Crippen LogP contribution >= 0.6 is 15.9 Å². The van der Waals surface area contributed by atoms with E-state index in [-0.39, 0.29) is 18.0 Å². The molecule has 1 amide bonds. The highest BCUT2D eigenvalue weighted by Gasteiger charge is 2.19. The Balaban J connectivity index is 2.08. The van der Waals surface area contributed by atoms with E-state index in [1.807, 2.05) is 32.9 Å². The van der Waals surface area contributed by atoms with Crippen molar-refractivity contribution in [2.75, 3.05) is 5.32 Å². The minimum Gasteiger partial charge on any atom is -0.324 e. The second-order valence-corrected chi connectivity index (χ2v) is 7.58. The third-order valence-corrected chi connectivity index (χ3v) is 4.98. The van der Waals surface area contributed by atoms with Gasteiger partial charge in [0, 0.05) is 16.2 Å². The maximum Gasteiger partial charge on any atom is 0.241 e. The Kier molecular flexibility index (Phi) is 6.79. The number of carbonyl (C=O) groups excluding carboxylic acids is 1. The highest BCUT2D eigenvalue weighted by molar-refractivity contribution is 9.10. The van der Waals surface area contributed by atoms with E-state index in [4.69, 9.17) is 0 Å². The van der Waals surface area contributed by atoms with Gasteiger partial charge < -0.3 is 5.32 Å². The average Bonchev–Trinajstić information content (AvgIpc) is 2.56. The Hall–Kier alpha value is -1.65. The second kappa shape index (κ2) is 8.63. The molecule has 25 heavy (non-hydrogen) atoms. The maximum absolute atomic E-state index is 12.7. The van der Waals surface area contributed by atoms with E-state index >= 15 is 0 Å². The summed E-state index contributed by atoms with van der Waals surface area (Å²) in [4.78, 5) is 12.7. The van der Waals surface area contributed by atoms with Crippen molar-refractivity contribution < 1.29 is 4.79 Å². The summed E-state index contributed by atoms with van der Waals surface area (Å²) in [6.45, 7) is 10.2. The molecular weight excluding hydrogens is 376 g/mol. The first kappa shape index (κ1) is 19.7. The van der Waals surface area contributed by atoms with Gasteiger partial charge >= 0.3 is 0 Å². The molecule has 0 aliphatic rings. The van der Waals surface area contributed by atoms with Gasteiger partial charge in [0.15, 0.2) is 0 Å². The smallest absolute Gasteiger partial charge is 0.241 e. The number of rotatable bonds is 6. The Morgan fingerprint density at radius 1 is 1.08 bits per heavy atom. The monoisotopic (exact) mass is 402 g/mol. The lowest BCUT2D eigenvalue weighted by Gasteiger charge is -2.23. The number of hydrogen-bond acceptors (Lipinski definition) is 2. The summed E-state index contributed by atoms with van der Waals surface area (Å²) in [6, 6.07) is 12.3. The fourth-order valence-corrected chi connectivity index (χ4v) is 3.40.